The zero-order chi connectivity index (χ0) is 39.7. The Morgan fingerprint density at radius 2 is 0.769 bits per heavy atom. The lowest BCUT2D eigenvalue weighted by Crippen LogP contribution is -2.50. The predicted molar refractivity (Wildman–Crippen MR) is 229 cm³/mol. The summed E-state index contributed by atoms with van der Waals surface area (Å²) in [5.41, 5.74) is 2.01. The quantitative estimate of drug-likeness (QED) is 0.0609. The monoisotopic (exact) mass is 733 g/mol. The molecule has 0 aliphatic rings. The smallest absolute Gasteiger partial charge is 0.133 e. The van der Waals surface area contributed by atoms with Gasteiger partial charge in [0.2, 0.25) is 0 Å². The normalized spacial score (nSPS) is 11.8. The van der Waals surface area contributed by atoms with Crippen LogP contribution < -0.4 is 14.7 Å². The van der Waals surface area contributed by atoms with Gasteiger partial charge in [0.25, 0.3) is 0 Å². The summed E-state index contributed by atoms with van der Waals surface area (Å²) in [5.74, 6) is 0.436. The van der Waals surface area contributed by atoms with Gasteiger partial charge in [-0.2, -0.15) is 0 Å². The molecule has 0 amide bonds. The van der Waals surface area contributed by atoms with Crippen molar-refractivity contribution in [2.75, 3.05) is 52.4 Å². The summed E-state index contributed by atoms with van der Waals surface area (Å²) < 4.78 is 7.72. The number of quaternary nitrogens is 2. The van der Waals surface area contributed by atoms with Gasteiger partial charge in [0.15, 0.2) is 0 Å². The van der Waals surface area contributed by atoms with Crippen molar-refractivity contribution in [3.05, 3.63) is 29.3 Å². The van der Waals surface area contributed by atoms with Crippen LogP contribution in [0, 0.1) is 0 Å². The molecule has 0 N–H and O–H groups in total. The number of hydrogen-bond donors (Lipinski definition) is 0. The first-order chi connectivity index (χ1) is 24.8. The number of rotatable bonds is 29. The van der Waals surface area contributed by atoms with E-state index in [1.54, 1.807) is 6.07 Å². The van der Waals surface area contributed by atoms with Gasteiger partial charge in [0, 0.05) is 5.56 Å². The van der Waals surface area contributed by atoms with Gasteiger partial charge in [0.05, 0.1) is 58.1 Å². The number of unbranched alkanes of at least 4 members (excludes halogenated alkanes) is 9. The van der Waals surface area contributed by atoms with E-state index < -0.39 is 7.32 Å². The second kappa shape index (κ2) is 33.3. The summed E-state index contributed by atoms with van der Waals surface area (Å²) in [6.07, 6.45) is 25.3. The van der Waals surface area contributed by atoms with E-state index in [-0.39, 0.29) is 5.41 Å². The van der Waals surface area contributed by atoms with E-state index in [0.29, 0.717) is 5.75 Å². The lowest BCUT2D eigenvalue weighted by atomic mass is 9.81. The summed E-state index contributed by atoms with van der Waals surface area (Å²) in [7, 11) is -2.27. The van der Waals surface area contributed by atoms with Crippen LogP contribution in [0.5, 0.6) is 5.75 Å². The number of benzene rings is 1. The van der Waals surface area contributed by atoms with Gasteiger partial charge in [-0.3, -0.25) is 0 Å². The van der Waals surface area contributed by atoms with E-state index in [1.165, 1.54) is 170 Å². The van der Waals surface area contributed by atoms with E-state index >= 15 is 0 Å². The highest BCUT2D eigenvalue weighted by atomic mass is 16.6. The molecule has 0 unspecified atom stereocenters. The third-order valence-corrected chi connectivity index (χ3v) is 10.8. The molecule has 308 valence electrons. The zero-order valence-corrected chi connectivity index (χ0v) is 37.5. The van der Waals surface area contributed by atoms with E-state index in [9.17, 15) is 10.0 Å². The molecule has 0 fully saturated rings. The Labute approximate surface area is 328 Å². The molecule has 52 heavy (non-hydrogen) atoms. The second-order valence-corrected chi connectivity index (χ2v) is 16.9. The van der Waals surface area contributed by atoms with Crippen LogP contribution in [-0.4, -0.2) is 68.6 Å². The molecule has 0 atom stereocenters. The SMILES string of the molecule is CCCC[N+](CCCC)(CCCC)CCCC.CCCC[N+](CCCC)(CCCC)CCCC.CCCCc1cccc(OB([O-])[O-])c1C(C)(C)C. The molecule has 0 saturated heterocycles. The molecule has 0 aliphatic heterocycles. The highest BCUT2D eigenvalue weighted by molar-refractivity contribution is 6.29. The molecule has 0 aromatic heterocycles. The van der Waals surface area contributed by atoms with E-state index in [0.717, 1.165) is 24.8 Å². The fraction of sp³-hybridized carbons (Fsp3) is 0.870. The Balaban J connectivity index is 0. The van der Waals surface area contributed by atoms with Crippen LogP contribution in [0.4, 0.5) is 0 Å². The molecule has 0 heterocycles. The third kappa shape index (κ3) is 25.1. The van der Waals surface area contributed by atoms with Crippen molar-refractivity contribution >= 4 is 7.32 Å². The maximum Gasteiger partial charge on any atom is 0.133 e. The number of aryl methyl sites for hydroxylation is 1. The van der Waals surface area contributed by atoms with Crippen LogP contribution in [-0.2, 0) is 11.8 Å². The van der Waals surface area contributed by atoms with Crippen LogP contribution in [0.3, 0.4) is 0 Å². The van der Waals surface area contributed by atoms with Crippen LogP contribution in [0.25, 0.3) is 0 Å². The van der Waals surface area contributed by atoms with Crippen LogP contribution in [0.2, 0.25) is 0 Å². The maximum atomic E-state index is 10.7. The van der Waals surface area contributed by atoms with Crippen molar-refractivity contribution in [3.8, 4) is 5.75 Å². The van der Waals surface area contributed by atoms with Gasteiger partial charge >= 0.3 is 0 Å². The topological polar surface area (TPSA) is 55.3 Å². The molecule has 0 radical (unpaired) electrons. The highest BCUT2D eigenvalue weighted by Crippen LogP contribution is 2.35. The van der Waals surface area contributed by atoms with Gasteiger partial charge in [-0.05, 0) is 81.3 Å². The minimum Gasteiger partial charge on any atom is -0.860 e. The van der Waals surface area contributed by atoms with Gasteiger partial charge in [0.1, 0.15) is 7.32 Å². The maximum absolute atomic E-state index is 10.7. The first-order valence-electron chi connectivity index (χ1n) is 22.7. The summed E-state index contributed by atoms with van der Waals surface area (Å²) in [6.45, 7) is 38.4. The first-order valence-corrected chi connectivity index (χ1v) is 22.7. The highest BCUT2D eigenvalue weighted by Gasteiger charge is 2.26. The second-order valence-electron chi connectivity index (χ2n) is 16.9. The summed E-state index contributed by atoms with van der Waals surface area (Å²) in [6, 6.07) is 5.60. The molecule has 6 heteroatoms. The average molecular weight is 733 g/mol. The molecule has 0 spiro atoms. The lowest BCUT2D eigenvalue weighted by molar-refractivity contribution is -0.929. The van der Waals surface area contributed by atoms with Crippen molar-refractivity contribution in [1.82, 2.24) is 0 Å². The van der Waals surface area contributed by atoms with E-state index in [1.807, 2.05) is 12.1 Å². The largest absolute Gasteiger partial charge is 0.860 e. The van der Waals surface area contributed by atoms with Crippen LogP contribution >= 0.6 is 0 Å². The van der Waals surface area contributed by atoms with E-state index in [4.69, 9.17) is 4.65 Å². The van der Waals surface area contributed by atoms with Crippen molar-refractivity contribution < 1.29 is 23.7 Å². The number of nitrogens with zero attached hydrogens (tertiary/aromatic N) is 2. The standard InChI is InChI=1S/2C16H36N.C14H21BO3/c2*1-5-9-13-17(14-10-6-2,15-11-7-3)16-12-8-4;1-5-6-8-11-9-7-10-12(18-15(16)17)13(11)14(2,3)4/h2*5-16H2,1-4H3;7,9-10H,5-6,8H2,1-4H3/q2*+1;-2. The molecular formula is C46H93BN2O3. The van der Waals surface area contributed by atoms with Gasteiger partial charge in [-0.25, -0.2) is 0 Å². The molecular weight excluding hydrogens is 639 g/mol. The van der Waals surface area contributed by atoms with Crippen molar-refractivity contribution in [3.63, 3.8) is 0 Å². The van der Waals surface area contributed by atoms with Gasteiger partial charge in [-0.1, -0.05) is 153 Å². The summed E-state index contributed by atoms with van der Waals surface area (Å²) >= 11 is 0. The Hall–Kier alpha value is -1.08. The minimum absolute atomic E-state index is 0.144. The fourth-order valence-electron chi connectivity index (χ4n) is 7.50. The molecule has 1 rings (SSSR count). The minimum atomic E-state index is -2.27. The lowest BCUT2D eigenvalue weighted by Gasteiger charge is -2.39. The molecule has 1 aromatic rings. The van der Waals surface area contributed by atoms with Crippen molar-refractivity contribution in [2.45, 2.75) is 210 Å². The Morgan fingerprint density at radius 1 is 0.481 bits per heavy atom. The van der Waals surface area contributed by atoms with Crippen molar-refractivity contribution in [2.24, 2.45) is 0 Å². The Bertz CT molecular complexity index is 806. The third-order valence-electron chi connectivity index (χ3n) is 10.8. The Kier molecular flexibility index (Phi) is 33.9. The van der Waals surface area contributed by atoms with E-state index in [2.05, 4.69) is 83.1 Å². The fourth-order valence-corrected chi connectivity index (χ4v) is 7.50. The molecule has 5 nitrogen and oxygen atoms in total. The van der Waals surface area contributed by atoms with Gasteiger partial charge in [-0.15, -0.1) is 0 Å². The first kappa shape index (κ1) is 53.0. The number of hydrogen-bond acceptors (Lipinski definition) is 3. The predicted octanol–water partition coefficient (Wildman–Crippen LogP) is 11.4. The van der Waals surface area contributed by atoms with Crippen molar-refractivity contribution in [1.29, 1.82) is 0 Å². The molecule has 0 aliphatic carbocycles. The molecule has 0 bridgehead atoms. The zero-order valence-electron chi connectivity index (χ0n) is 37.5. The molecule has 1 aromatic carbocycles. The summed E-state index contributed by atoms with van der Waals surface area (Å²) in [4.78, 5) is 0. The summed E-state index contributed by atoms with van der Waals surface area (Å²) in [5, 5.41) is 21.4. The van der Waals surface area contributed by atoms with Crippen LogP contribution in [0.1, 0.15) is 210 Å². The molecule has 0 saturated carbocycles. The Morgan fingerprint density at radius 3 is 1.00 bits per heavy atom. The van der Waals surface area contributed by atoms with Crippen LogP contribution in [0.15, 0.2) is 18.2 Å². The average Bonchev–Trinajstić information content (AvgIpc) is 3.12. The van der Waals surface area contributed by atoms with Gasteiger partial charge < -0.3 is 23.7 Å².